The smallest absolute Gasteiger partial charge is 0.269 e. The first-order chi connectivity index (χ1) is 16.4. The molecule has 1 aromatic heterocycles. The van der Waals surface area contributed by atoms with E-state index >= 15 is 0 Å². The number of amides is 1. The number of nitrogens with one attached hydrogen (secondary N) is 1. The third kappa shape index (κ3) is 5.56. The van der Waals surface area contributed by atoms with Crippen LogP contribution in [0.5, 0.6) is 0 Å². The molecule has 0 unspecified atom stereocenters. The molecule has 1 N–H and O–H groups in total. The minimum Gasteiger partial charge on any atom is -0.345 e. The van der Waals surface area contributed by atoms with Crippen molar-refractivity contribution in [2.45, 2.75) is 17.5 Å². The van der Waals surface area contributed by atoms with Crippen molar-refractivity contribution < 1.29 is 9.72 Å². The van der Waals surface area contributed by atoms with Gasteiger partial charge in [-0.25, -0.2) is 0 Å². The van der Waals surface area contributed by atoms with Crippen molar-refractivity contribution in [2.24, 2.45) is 0 Å². The molecule has 0 radical (unpaired) electrons. The van der Waals surface area contributed by atoms with Gasteiger partial charge in [0.1, 0.15) is 0 Å². The average molecular weight is 514 g/mol. The predicted molar refractivity (Wildman–Crippen MR) is 132 cm³/mol. The number of carbonyl (C=O) groups excluding carboxylic acids is 1. The molecule has 34 heavy (non-hydrogen) atoms. The van der Waals surface area contributed by atoms with E-state index in [2.05, 4.69) is 15.5 Å². The van der Waals surface area contributed by atoms with E-state index < -0.39 is 4.92 Å². The highest BCUT2D eigenvalue weighted by molar-refractivity contribution is 7.98. The number of nitro groups is 1. The van der Waals surface area contributed by atoms with Crippen molar-refractivity contribution in [1.29, 1.82) is 0 Å². The number of aromatic nitrogens is 3. The lowest BCUT2D eigenvalue weighted by Crippen LogP contribution is -2.24. The molecule has 0 bridgehead atoms. The number of benzene rings is 3. The first kappa shape index (κ1) is 23.7. The highest BCUT2D eigenvalue weighted by atomic mass is 35.5. The molecule has 0 saturated heterocycles. The first-order valence-electron chi connectivity index (χ1n) is 10.0. The van der Waals surface area contributed by atoms with Crippen LogP contribution in [0.4, 0.5) is 5.69 Å². The summed E-state index contributed by atoms with van der Waals surface area (Å²) in [4.78, 5) is 23.2. The highest BCUT2D eigenvalue weighted by Crippen LogP contribution is 2.27. The molecule has 4 aromatic rings. The molecule has 0 atom stereocenters. The average Bonchev–Trinajstić information content (AvgIpc) is 3.26. The van der Waals surface area contributed by atoms with Gasteiger partial charge >= 0.3 is 0 Å². The van der Waals surface area contributed by atoms with E-state index in [1.807, 2.05) is 30.3 Å². The third-order valence-corrected chi connectivity index (χ3v) is 6.56. The molecule has 0 aliphatic carbocycles. The fraction of sp³-hybridized carbons (Fsp3) is 0.0870. The molecule has 0 saturated carbocycles. The zero-order chi connectivity index (χ0) is 24.1. The summed E-state index contributed by atoms with van der Waals surface area (Å²) in [7, 11) is 0. The molecule has 0 spiro atoms. The monoisotopic (exact) mass is 513 g/mol. The van der Waals surface area contributed by atoms with Crippen LogP contribution in [0.1, 0.15) is 21.7 Å². The summed E-state index contributed by atoms with van der Waals surface area (Å²) in [5.74, 6) is 0.773. The molecule has 0 fully saturated rings. The van der Waals surface area contributed by atoms with E-state index in [1.165, 1.54) is 30.0 Å². The minimum absolute atomic E-state index is 0.0233. The highest BCUT2D eigenvalue weighted by Gasteiger charge is 2.17. The van der Waals surface area contributed by atoms with Crippen LogP contribution in [-0.4, -0.2) is 25.6 Å². The number of hydrogen-bond acceptors (Lipinski definition) is 6. The Morgan fingerprint density at radius 1 is 1.00 bits per heavy atom. The Hall–Kier alpha value is -3.40. The van der Waals surface area contributed by atoms with Gasteiger partial charge in [-0.1, -0.05) is 65.3 Å². The van der Waals surface area contributed by atoms with Gasteiger partial charge in [-0.05, 0) is 35.9 Å². The topological polar surface area (TPSA) is 103 Å². The van der Waals surface area contributed by atoms with Crippen molar-refractivity contribution in [2.75, 3.05) is 0 Å². The van der Waals surface area contributed by atoms with E-state index in [4.69, 9.17) is 23.2 Å². The van der Waals surface area contributed by atoms with E-state index in [0.29, 0.717) is 33.0 Å². The third-order valence-electron chi connectivity index (χ3n) is 4.82. The molecule has 0 aliphatic heterocycles. The van der Waals surface area contributed by atoms with Gasteiger partial charge in [-0.3, -0.25) is 19.5 Å². The van der Waals surface area contributed by atoms with Gasteiger partial charge < -0.3 is 5.32 Å². The summed E-state index contributed by atoms with van der Waals surface area (Å²) >= 11 is 13.4. The molecule has 3 aromatic carbocycles. The number of nitro benzene ring substituents is 1. The van der Waals surface area contributed by atoms with Crippen molar-refractivity contribution in [3.05, 3.63) is 110 Å². The molecule has 11 heteroatoms. The zero-order valence-electron chi connectivity index (χ0n) is 17.5. The van der Waals surface area contributed by atoms with Gasteiger partial charge in [0.25, 0.3) is 11.6 Å². The number of thioether (sulfide) groups is 1. The second-order valence-electron chi connectivity index (χ2n) is 7.09. The molecular weight excluding hydrogens is 497 g/mol. The molecule has 172 valence electrons. The van der Waals surface area contributed by atoms with Crippen LogP contribution in [0, 0.1) is 10.1 Å². The maximum atomic E-state index is 12.6. The Bertz CT molecular complexity index is 1330. The number of rotatable bonds is 8. The van der Waals surface area contributed by atoms with E-state index in [1.54, 1.807) is 28.8 Å². The van der Waals surface area contributed by atoms with Crippen LogP contribution in [0.15, 0.2) is 78.0 Å². The van der Waals surface area contributed by atoms with Crippen molar-refractivity contribution in [3.8, 4) is 5.69 Å². The van der Waals surface area contributed by atoms with E-state index in [9.17, 15) is 14.9 Å². The van der Waals surface area contributed by atoms with Crippen LogP contribution in [0.2, 0.25) is 10.0 Å². The molecule has 1 amide bonds. The van der Waals surface area contributed by atoms with Crippen LogP contribution >= 0.6 is 35.0 Å². The van der Waals surface area contributed by atoms with Crippen LogP contribution in [-0.2, 0) is 12.3 Å². The fourth-order valence-corrected chi connectivity index (χ4v) is 4.34. The van der Waals surface area contributed by atoms with Crippen molar-refractivity contribution in [3.63, 3.8) is 0 Å². The van der Waals surface area contributed by atoms with Gasteiger partial charge in [0.05, 0.1) is 21.5 Å². The second kappa shape index (κ2) is 10.7. The minimum atomic E-state index is -0.459. The normalized spacial score (nSPS) is 10.8. The Labute approximate surface area is 209 Å². The Balaban J connectivity index is 1.59. The number of halogens is 2. The molecular formula is C23H17Cl2N5O3S. The number of carbonyl (C=O) groups is 1. The predicted octanol–water partition coefficient (Wildman–Crippen LogP) is 5.70. The SMILES string of the molecule is O=C(NCc1nnc(SCc2ccccc2)n1-c1ccc([N+](=O)[O-])cc1)c1ccc(Cl)c(Cl)c1. The Morgan fingerprint density at radius 2 is 1.74 bits per heavy atom. The largest absolute Gasteiger partial charge is 0.345 e. The summed E-state index contributed by atoms with van der Waals surface area (Å²) in [6.07, 6.45) is 0. The second-order valence-corrected chi connectivity index (χ2v) is 8.85. The summed E-state index contributed by atoms with van der Waals surface area (Å²) in [6, 6.07) is 20.6. The van der Waals surface area contributed by atoms with Crippen LogP contribution in [0.3, 0.4) is 0 Å². The van der Waals surface area contributed by atoms with Gasteiger partial charge in [-0.15, -0.1) is 10.2 Å². The maximum Gasteiger partial charge on any atom is 0.269 e. The summed E-state index contributed by atoms with van der Waals surface area (Å²) in [6.45, 7) is 0.0783. The Morgan fingerprint density at radius 3 is 2.41 bits per heavy atom. The van der Waals surface area contributed by atoms with Gasteiger partial charge in [0.15, 0.2) is 11.0 Å². The number of non-ortho nitro benzene ring substituents is 1. The number of nitrogens with zero attached hydrogens (tertiary/aromatic N) is 4. The number of hydrogen-bond donors (Lipinski definition) is 1. The lowest BCUT2D eigenvalue weighted by molar-refractivity contribution is -0.384. The van der Waals surface area contributed by atoms with E-state index in [0.717, 1.165) is 5.56 Å². The molecule has 4 rings (SSSR count). The summed E-state index contributed by atoms with van der Waals surface area (Å²) < 4.78 is 1.77. The molecule has 1 heterocycles. The van der Waals surface area contributed by atoms with Crippen molar-refractivity contribution in [1.82, 2.24) is 20.1 Å². The lowest BCUT2D eigenvalue weighted by Gasteiger charge is -2.11. The Kier molecular flexibility index (Phi) is 7.46. The van der Waals surface area contributed by atoms with Gasteiger partial charge in [0.2, 0.25) is 0 Å². The van der Waals surface area contributed by atoms with Crippen LogP contribution < -0.4 is 5.32 Å². The lowest BCUT2D eigenvalue weighted by atomic mass is 10.2. The fourth-order valence-electron chi connectivity index (χ4n) is 3.11. The first-order valence-corrected chi connectivity index (χ1v) is 11.8. The van der Waals surface area contributed by atoms with Crippen LogP contribution in [0.25, 0.3) is 5.69 Å². The van der Waals surface area contributed by atoms with Gasteiger partial charge in [-0.2, -0.15) is 0 Å². The van der Waals surface area contributed by atoms with E-state index in [-0.39, 0.29) is 23.2 Å². The zero-order valence-corrected chi connectivity index (χ0v) is 19.8. The standard InChI is InChI=1S/C23H17Cl2N5O3S/c24-19-11-6-16(12-20(19)25)22(31)26-13-21-27-28-23(34-14-15-4-2-1-3-5-15)29(21)17-7-9-18(10-8-17)30(32)33/h1-12H,13-14H2,(H,26,31). The molecule has 8 nitrogen and oxygen atoms in total. The quantitative estimate of drug-likeness (QED) is 0.184. The summed E-state index contributed by atoms with van der Waals surface area (Å²) in [5.41, 5.74) is 2.09. The molecule has 0 aliphatic rings. The van der Waals surface area contributed by atoms with Gasteiger partial charge in [0, 0.05) is 29.1 Å². The van der Waals surface area contributed by atoms with Crippen molar-refractivity contribution >= 4 is 46.6 Å². The maximum absolute atomic E-state index is 12.6. The summed E-state index contributed by atoms with van der Waals surface area (Å²) in [5, 5.41) is 23.6.